The van der Waals surface area contributed by atoms with Crippen molar-refractivity contribution in [2.75, 3.05) is 29.9 Å². The molecule has 0 saturated carbocycles. The van der Waals surface area contributed by atoms with E-state index in [0.717, 1.165) is 18.5 Å². The van der Waals surface area contributed by atoms with Crippen molar-refractivity contribution in [3.05, 3.63) is 65.7 Å². The molecule has 2 aromatic carbocycles. The van der Waals surface area contributed by atoms with E-state index < -0.39 is 0 Å². The molecule has 4 nitrogen and oxygen atoms in total. The standard InChI is InChI=1S/C23H26N2O2S2/c26-21(24-20-7-2-1-3-8-20)19-6-4-13-25(16-19)22(27)17-9-11-18(12-10-17)23-28-14-5-15-29-23/h1-3,7-12,19,23H,4-6,13-16H2,(H,24,26)/t19-/m1/s1. The van der Waals surface area contributed by atoms with Crippen LogP contribution >= 0.6 is 23.5 Å². The third-order valence-electron chi connectivity index (χ3n) is 5.38. The number of thioether (sulfide) groups is 2. The summed E-state index contributed by atoms with van der Waals surface area (Å²) in [5.41, 5.74) is 2.80. The summed E-state index contributed by atoms with van der Waals surface area (Å²) in [6, 6.07) is 17.6. The summed E-state index contributed by atoms with van der Waals surface area (Å²) in [7, 11) is 0. The minimum atomic E-state index is -0.165. The average Bonchev–Trinajstić information content (AvgIpc) is 2.80. The molecule has 2 heterocycles. The highest BCUT2D eigenvalue weighted by molar-refractivity contribution is 8.16. The van der Waals surface area contributed by atoms with Crippen LogP contribution in [0, 0.1) is 5.92 Å². The molecule has 2 fully saturated rings. The highest BCUT2D eigenvalue weighted by Crippen LogP contribution is 2.43. The number of para-hydroxylation sites is 1. The molecule has 0 aliphatic carbocycles. The summed E-state index contributed by atoms with van der Waals surface area (Å²) < 4.78 is 0.481. The number of piperidine rings is 1. The van der Waals surface area contributed by atoms with Crippen LogP contribution in [0.15, 0.2) is 54.6 Å². The topological polar surface area (TPSA) is 49.4 Å². The van der Waals surface area contributed by atoms with Gasteiger partial charge in [0, 0.05) is 24.3 Å². The van der Waals surface area contributed by atoms with E-state index >= 15 is 0 Å². The van der Waals surface area contributed by atoms with E-state index in [-0.39, 0.29) is 17.7 Å². The average molecular weight is 427 g/mol. The Balaban J connectivity index is 1.37. The number of hydrogen-bond acceptors (Lipinski definition) is 4. The van der Waals surface area contributed by atoms with E-state index in [0.29, 0.717) is 23.2 Å². The Morgan fingerprint density at radius 3 is 2.38 bits per heavy atom. The van der Waals surface area contributed by atoms with Crippen molar-refractivity contribution in [1.82, 2.24) is 4.90 Å². The lowest BCUT2D eigenvalue weighted by Crippen LogP contribution is -2.43. The zero-order valence-electron chi connectivity index (χ0n) is 16.4. The number of nitrogens with one attached hydrogen (secondary N) is 1. The molecule has 2 aliphatic rings. The van der Waals surface area contributed by atoms with Gasteiger partial charge in [-0.25, -0.2) is 0 Å². The van der Waals surface area contributed by atoms with Crippen molar-refractivity contribution in [3.63, 3.8) is 0 Å². The molecule has 2 aliphatic heterocycles. The first-order valence-electron chi connectivity index (χ1n) is 10.2. The summed E-state index contributed by atoms with van der Waals surface area (Å²) >= 11 is 3.97. The Labute approximate surface area is 180 Å². The zero-order valence-corrected chi connectivity index (χ0v) is 18.0. The molecule has 29 heavy (non-hydrogen) atoms. The Kier molecular flexibility index (Phi) is 6.82. The van der Waals surface area contributed by atoms with Crippen LogP contribution < -0.4 is 5.32 Å². The summed E-state index contributed by atoms with van der Waals surface area (Å²) in [5.74, 6) is 2.27. The first-order valence-corrected chi connectivity index (χ1v) is 12.3. The number of carbonyl (C=O) groups is 2. The summed E-state index contributed by atoms with van der Waals surface area (Å²) in [6.45, 7) is 1.19. The van der Waals surface area contributed by atoms with Gasteiger partial charge in [-0.05, 0) is 60.6 Å². The van der Waals surface area contributed by atoms with Crippen LogP contribution in [-0.2, 0) is 4.79 Å². The van der Waals surface area contributed by atoms with Gasteiger partial charge in [0.1, 0.15) is 0 Å². The monoisotopic (exact) mass is 426 g/mol. The lowest BCUT2D eigenvalue weighted by Gasteiger charge is -2.32. The second-order valence-corrected chi connectivity index (χ2v) is 10.2. The molecule has 2 amide bonds. The molecule has 0 aromatic heterocycles. The van der Waals surface area contributed by atoms with E-state index in [2.05, 4.69) is 17.4 Å². The Bertz CT molecular complexity index is 836. The quantitative estimate of drug-likeness (QED) is 0.744. The Hall–Kier alpha value is -1.92. The van der Waals surface area contributed by atoms with Crippen molar-refractivity contribution < 1.29 is 9.59 Å². The fourth-order valence-corrected chi connectivity index (χ4v) is 6.68. The second-order valence-electron chi connectivity index (χ2n) is 7.49. The highest BCUT2D eigenvalue weighted by Gasteiger charge is 2.29. The molecular formula is C23H26N2O2S2. The molecule has 0 radical (unpaired) electrons. The molecule has 0 spiro atoms. The summed E-state index contributed by atoms with van der Waals surface area (Å²) in [6.07, 6.45) is 2.94. The van der Waals surface area contributed by atoms with Gasteiger partial charge >= 0.3 is 0 Å². The normalized spacial score (nSPS) is 20.3. The SMILES string of the molecule is O=C(Nc1ccccc1)[C@@H]1CCCN(C(=O)c2ccc(C3SCCCS3)cc2)C1. The molecule has 152 valence electrons. The summed E-state index contributed by atoms with van der Waals surface area (Å²) in [4.78, 5) is 27.5. The van der Waals surface area contributed by atoms with Gasteiger partial charge in [0.25, 0.3) is 5.91 Å². The number of anilines is 1. The molecule has 6 heteroatoms. The van der Waals surface area contributed by atoms with Gasteiger partial charge in [-0.2, -0.15) is 0 Å². The van der Waals surface area contributed by atoms with Gasteiger partial charge in [0.15, 0.2) is 0 Å². The first kappa shape index (κ1) is 20.4. The Morgan fingerprint density at radius 2 is 1.66 bits per heavy atom. The van der Waals surface area contributed by atoms with Crippen molar-refractivity contribution >= 4 is 41.0 Å². The molecule has 2 saturated heterocycles. The molecule has 0 bridgehead atoms. The van der Waals surface area contributed by atoms with Crippen molar-refractivity contribution in [2.24, 2.45) is 5.92 Å². The fraction of sp³-hybridized carbons (Fsp3) is 0.391. The van der Waals surface area contributed by atoms with Gasteiger partial charge in [-0.3, -0.25) is 9.59 Å². The number of hydrogen-bond donors (Lipinski definition) is 1. The van der Waals surface area contributed by atoms with Crippen molar-refractivity contribution in [3.8, 4) is 0 Å². The third kappa shape index (κ3) is 5.17. The zero-order chi connectivity index (χ0) is 20.1. The lowest BCUT2D eigenvalue weighted by molar-refractivity contribution is -0.121. The van der Waals surface area contributed by atoms with Crippen LogP contribution in [0.2, 0.25) is 0 Å². The number of nitrogens with zero attached hydrogens (tertiary/aromatic N) is 1. The molecule has 0 unspecified atom stereocenters. The summed E-state index contributed by atoms with van der Waals surface area (Å²) in [5, 5.41) is 2.97. The van der Waals surface area contributed by atoms with Gasteiger partial charge in [-0.1, -0.05) is 30.3 Å². The van der Waals surface area contributed by atoms with E-state index in [1.54, 1.807) is 0 Å². The number of carbonyl (C=O) groups excluding carboxylic acids is 2. The maximum absolute atomic E-state index is 13.0. The van der Waals surface area contributed by atoms with E-state index in [4.69, 9.17) is 0 Å². The van der Waals surface area contributed by atoms with Gasteiger partial charge in [0.2, 0.25) is 5.91 Å². The number of likely N-dealkylation sites (tertiary alicyclic amines) is 1. The lowest BCUT2D eigenvalue weighted by atomic mass is 9.96. The van der Waals surface area contributed by atoms with Crippen LogP contribution in [0.25, 0.3) is 0 Å². The van der Waals surface area contributed by atoms with Gasteiger partial charge < -0.3 is 10.2 Å². The van der Waals surface area contributed by atoms with E-state index in [1.807, 2.05) is 70.9 Å². The number of benzene rings is 2. The van der Waals surface area contributed by atoms with Gasteiger partial charge in [-0.15, -0.1) is 23.5 Å². The maximum Gasteiger partial charge on any atom is 0.253 e. The third-order valence-corrected chi connectivity index (χ3v) is 8.39. The van der Waals surface area contributed by atoms with Crippen molar-refractivity contribution in [2.45, 2.75) is 23.8 Å². The largest absolute Gasteiger partial charge is 0.338 e. The highest BCUT2D eigenvalue weighted by atomic mass is 32.2. The molecular weight excluding hydrogens is 400 g/mol. The second kappa shape index (κ2) is 9.72. The smallest absolute Gasteiger partial charge is 0.253 e. The molecule has 4 rings (SSSR count). The van der Waals surface area contributed by atoms with Crippen LogP contribution in [0.4, 0.5) is 5.69 Å². The fourth-order valence-electron chi connectivity index (χ4n) is 3.79. The van der Waals surface area contributed by atoms with Gasteiger partial charge in [0.05, 0.1) is 10.5 Å². The predicted molar refractivity (Wildman–Crippen MR) is 122 cm³/mol. The molecule has 1 atom stereocenters. The molecule has 1 N–H and O–H groups in total. The number of amides is 2. The van der Waals surface area contributed by atoms with Crippen LogP contribution in [-0.4, -0.2) is 41.3 Å². The van der Waals surface area contributed by atoms with Crippen LogP contribution in [0.1, 0.15) is 39.8 Å². The van der Waals surface area contributed by atoms with Crippen molar-refractivity contribution in [1.29, 1.82) is 0 Å². The predicted octanol–water partition coefficient (Wildman–Crippen LogP) is 5.05. The van der Waals surface area contributed by atoms with E-state index in [1.165, 1.54) is 23.5 Å². The minimum Gasteiger partial charge on any atom is -0.338 e. The van der Waals surface area contributed by atoms with Crippen LogP contribution in [0.5, 0.6) is 0 Å². The van der Waals surface area contributed by atoms with Crippen LogP contribution in [0.3, 0.4) is 0 Å². The first-order chi connectivity index (χ1) is 14.2. The Morgan fingerprint density at radius 1 is 0.931 bits per heavy atom. The number of rotatable bonds is 4. The van der Waals surface area contributed by atoms with E-state index in [9.17, 15) is 9.59 Å². The molecule has 2 aromatic rings. The minimum absolute atomic E-state index is 0.00426. The maximum atomic E-state index is 13.0.